The Labute approximate surface area is 76.7 Å². The topological polar surface area (TPSA) is 0 Å². The third-order valence-corrected chi connectivity index (χ3v) is 2.25. The molecular formula is C12H20. The summed E-state index contributed by atoms with van der Waals surface area (Å²) in [4.78, 5) is 0. The molecule has 0 heterocycles. The van der Waals surface area contributed by atoms with Crippen LogP contribution in [0.1, 0.15) is 41.0 Å². The van der Waals surface area contributed by atoms with Gasteiger partial charge in [0.1, 0.15) is 0 Å². The van der Waals surface area contributed by atoms with E-state index >= 15 is 0 Å². The van der Waals surface area contributed by atoms with E-state index in [-0.39, 0.29) is 0 Å². The van der Waals surface area contributed by atoms with Crippen molar-refractivity contribution in [2.24, 2.45) is 0 Å². The first-order valence-electron chi connectivity index (χ1n) is 4.63. The quantitative estimate of drug-likeness (QED) is 0.547. The number of hydrogen-bond donors (Lipinski definition) is 0. The van der Waals surface area contributed by atoms with Gasteiger partial charge >= 0.3 is 0 Å². The van der Waals surface area contributed by atoms with E-state index in [1.807, 2.05) is 0 Å². The van der Waals surface area contributed by atoms with Gasteiger partial charge in [0.2, 0.25) is 0 Å². The van der Waals surface area contributed by atoms with Crippen molar-refractivity contribution in [3.05, 3.63) is 34.9 Å². The molecule has 0 rings (SSSR count). The first kappa shape index (κ1) is 11.2. The molecule has 0 amide bonds. The fourth-order valence-electron chi connectivity index (χ4n) is 1.18. The maximum atomic E-state index is 2.20. The highest BCUT2D eigenvalue weighted by atomic mass is 14.0. The van der Waals surface area contributed by atoms with Crippen LogP contribution in [-0.2, 0) is 0 Å². The van der Waals surface area contributed by atoms with Crippen LogP contribution in [0.25, 0.3) is 0 Å². The first-order chi connectivity index (χ1) is 5.67. The second-order valence-corrected chi connectivity index (χ2v) is 2.98. The molecule has 0 saturated heterocycles. The van der Waals surface area contributed by atoms with E-state index in [0.29, 0.717) is 0 Å². The van der Waals surface area contributed by atoms with Gasteiger partial charge in [0.15, 0.2) is 0 Å². The van der Waals surface area contributed by atoms with Gasteiger partial charge in [0, 0.05) is 0 Å². The maximum Gasteiger partial charge on any atom is -0.0305 e. The highest BCUT2D eigenvalue weighted by molar-refractivity contribution is 5.36. The molecule has 0 saturated carbocycles. The SMILES string of the molecule is CC=CC(CC)=C(C)C(C)=CC. The monoisotopic (exact) mass is 164 g/mol. The van der Waals surface area contributed by atoms with Crippen molar-refractivity contribution in [2.45, 2.75) is 41.0 Å². The van der Waals surface area contributed by atoms with Crippen molar-refractivity contribution in [2.75, 3.05) is 0 Å². The average molecular weight is 164 g/mol. The first-order valence-corrected chi connectivity index (χ1v) is 4.63. The molecule has 0 fully saturated rings. The highest BCUT2D eigenvalue weighted by Crippen LogP contribution is 2.17. The van der Waals surface area contributed by atoms with Crippen LogP contribution in [0.4, 0.5) is 0 Å². The van der Waals surface area contributed by atoms with Crippen LogP contribution in [0.5, 0.6) is 0 Å². The summed E-state index contributed by atoms with van der Waals surface area (Å²) >= 11 is 0. The minimum atomic E-state index is 1.11. The summed E-state index contributed by atoms with van der Waals surface area (Å²) in [5, 5.41) is 0. The van der Waals surface area contributed by atoms with E-state index in [1.54, 1.807) is 0 Å². The van der Waals surface area contributed by atoms with Gasteiger partial charge in [-0.1, -0.05) is 30.7 Å². The zero-order valence-electron chi connectivity index (χ0n) is 8.94. The molecule has 0 aromatic heterocycles. The van der Waals surface area contributed by atoms with Gasteiger partial charge in [-0.3, -0.25) is 0 Å². The summed E-state index contributed by atoms with van der Waals surface area (Å²) in [6.07, 6.45) is 7.57. The third-order valence-electron chi connectivity index (χ3n) is 2.25. The molecular weight excluding hydrogens is 144 g/mol. The highest BCUT2D eigenvalue weighted by Gasteiger charge is 1.97. The molecule has 0 atom stereocenters. The smallest absolute Gasteiger partial charge is 0.0305 e. The Morgan fingerprint density at radius 1 is 1.17 bits per heavy atom. The summed E-state index contributed by atoms with van der Waals surface area (Å²) in [6, 6.07) is 0. The van der Waals surface area contributed by atoms with Crippen molar-refractivity contribution in [3.63, 3.8) is 0 Å². The van der Waals surface area contributed by atoms with Crippen LogP contribution in [0.15, 0.2) is 34.9 Å². The minimum Gasteiger partial charge on any atom is -0.0874 e. The lowest BCUT2D eigenvalue weighted by atomic mass is 10.0. The Morgan fingerprint density at radius 2 is 1.75 bits per heavy atom. The molecule has 0 aromatic carbocycles. The molecule has 12 heavy (non-hydrogen) atoms. The van der Waals surface area contributed by atoms with Crippen molar-refractivity contribution in [1.82, 2.24) is 0 Å². The number of rotatable bonds is 3. The Balaban J connectivity index is 4.84. The Hall–Kier alpha value is -0.780. The molecule has 0 N–H and O–H groups in total. The molecule has 0 heteroatoms. The molecule has 0 aromatic rings. The molecule has 0 nitrogen and oxygen atoms in total. The van der Waals surface area contributed by atoms with Crippen molar-refractivity contribution < 1.29 is 0 Å². The van der Waals surface area contributed by atoms with Gasteiger partial charge < -0.3 is 0 Å². The number of allylic oxidation sites excluding steroid dienone is 6. The third kappa shape index (κ3) is 3.08. The Kier molecular flexibility index (Phi) is 5.44. The van der Waals surface area contributed by atoms with Crippen LogP contribution >= 0.6 is 0 Å². The average Bonchev–Trinajstić information content (AvgIpc) is 2.11. The largest absolute Gasteiger partial charge is 0.0874 e. The zero-order chi connectivity index (χ0) is 9.56. The van der Waals surface area contributed by atoms with Gasteiger partial charge in [-0.05, 0) is 45.3 Å². The minimum absolute atomic E-state index is 1.11. The van der Waals surface area contributed by atoms with E-state index in [2.05, 4.69) is 52.8 Å². The molecule has 0 spiro atoms. The van der Waals surface area contributed by atoms with Crippen molar-refractivity contribution >= 4 is 0 Å². The van der Waals surface area contributed by atoms with Gasteiger partial charge in [-0.2, -0.15) is 0 Å². The summed E-state index contributed by atoms with van der Waals surface area (Å²) in [5.74, 6) is 0. The number of hydrogen-bond acceptors (Lipinski definition) is 0. The molecule has 0 aliphatic carbocycles. The maximum absolute atomic E-state index is 2.20. The zero-order valence-corrected chi connectivity index (χ0v) is 8.94. The Morgan fingerprint density at radius 3 is 2.08 bits per heavy atom. The standard InChI is InChI=1S/C12H20/c1-6-9-12(8-3)11(5)10(4)7-2/h6-7,9H,8H2,1-5H3. The predicted molar refractivity (Wildman–Crippen MR) is 57.2 cm³/mol. The fraction of sp³-hybridized carbons (Fsp3) is 0.500. The molecule has 0 aliphatic rings. The summed E-state index contributed by atoms with van der Waals surface area (Å²) in [5.41, 5.74) is 4.23. The van der Waals surface area contributed by atoms with Crippen molar-refractivity contribution in [3.8, 4) is 0 Å². The van der Waals surface area contributed by atoms with E-state index in [1.165, 1.54) is 16.7 Å². The van der Waals surface area contributed by atoms with E-state index in [0.717, 1.165) is 6.42 Å². The van der Waals surface area contributed by atoms with Crippen LogP contribution in [0.2, 0.25) is 0 Å². The van der Waals surface area contributed by atoms with E-state index in [4.69, 9.17) is 0 Å². The van der Waals surface area contributed by atoms with E-state index < -0.39 is 0 Å². The predicted octanol–water partition coefficient (Wildman–Crippen LogP) is 4.26. The summed E-state index contributed by atoms with van der Waals surface area (Å²) in [7, 11) is 0. The fourth-order valence-corrected chi connectivity index (χ4v) is 1.18. The molecule has 0 unspecified atom stereocenters. The molecule has 68 valence electrons. The second kappa shape index (κ2) is 5.82. The van der Waals surface area contributed by atoms with E-state index in [9.17, 15) is 0 Å². The molecule has 0 radical (unpaired) electrons. The molecule has 0 bridgehead atoms. The van der Waals surface area contributed by atoms with Crippen LogP contribution in [-0.4, -0.2) is 0 Å². The molecule has 0 aliphatic heterocycles. The Bertz CT molecular complexity index is 214. The van der Waals surface area contributed by atoms with Crippen molar-refractivity contribution in [1.29, 1.82) is 0 Å². The normalized spacial score (nSPS) is 15.2. The van der Waals surface area contributed by atoms with Crippen LogP contribution < -0.4 is 0 Å². The van der Waals surface area contributed by atoms with Gasteiger partial charge in [0.25, 0.3) is 0 Å². The second-order valence-electron chi connectivity index (χ2n) is 2.98. The summed E-state index contributed by atoms with van der Waals surface area (Å²) in [6.45, 7) is 10.7. The lowest BCUT2D eigenvalue weighted by molar-refractivity contribution is 1.10. The lowest BCUT2D eigenvalue weighted by Gasteiger charge is -2.06. The van der Waals surface area contributed by atoms with Crippen LogP contribution in [0.3, 0.4) is 0 Å². The van der Waals surface area contributed by atoms with Crippen LogP contribution in [0, 0.1) is 0 Å². The lowest BCUT2D eigenvalue weighted by Crippen LogP contribution is -1.86. The van der Waals surface area contributed by atoms with Gasteiger partial charge in [-0.15, -0.1) is 0 Å². The van der Waals surface area contributed by atoms with Gasteiger partial charge in [0.05, 0.1) is 0 Å². The summed E-state index contributed by atoms with van der Waals surface area (Å²) < 4.78 is 0. The van der Waals surface area contributed by atoms with Gasteiger partial charge in [-0.25, -0.2) is 0 Å².